The summed E-state index contributed by atoms with van der Waals surface area (Å²) in [7, 11) is 2.91. The zero-order valence-electron chi connectivity index (χ0n) is 19.8. The van der Waals surface area contributed by atoms with Gasteiger partial charge in [-0.25, -0.2) is 4.39 Å². The number of likely N-dealkylation sites (tertiary alicyclic amines) is 1. The number of rotatable bonds is 7. The Morgan fingerprint density at radius 3 is 2.14 bits per heavy atom. The van der Waals surface area contributed by atoms with Crippen LogP contribution in [-0.2, 0) is 23.6 Å². The van der Waals surface area contributed by atoms with Gasteiger partial charge in [0.05, 0.1) is 18.2 Å². The minimum atomic E-state index is -4.95. The second kappa shape index (κ2) is 11.1. The van der Waals surface area contributed by atoms with E-state index in [1.54, 1.807) is 24.3 Å². The van der Waals surface area contributed by atoms with Crippen molar-refractivity contribution in [3.8, 4) is 5.75 Å². The highest BCUT2D eigenvalue weighted by atomic mass is 19.4. The molecule has 1 aliphatic heterocycles. The fraction of sp³-hybridized carbons (Fsp3) is 0.480. The molecule has 1 atom stereocenters. The van der Waals surface area contributed by atoms with Gasteiger partial charge in [0, 0.05) is 26.7 Å². The molecule has 1 amide bonds. The molecule has 1 heterocycles. The van der Waals surface area contributed by atoms with Crippen molar-refractivity contribution in [1.29, 1.82) is 0 Å². The molecule has 0 aliphatic carbocycles. The molecule has 0 radical (unpaired) electrons. The van der Waals surface area contributed by atoms with Crippen LogP contribution in [0, 0.1) is 0 Å². The average molecular weight is 520 g/mol. The van der Waals surface area contributed by atoms with Crippen molar-refractivity contribution >= 4 is 5.91 Å². The lowest BCUT2D eigenvalue weighted by Gasteiger charge is -2.37. The van der Waals surface area contributed by atoms with Crippen molar-refractivity contribution in [2.75, 3.05) is 33.8 Å². The van der Waals surface area contributed by atoms with Crippen LogP contribution in [-0.4, -0.2) is 55.7 Å². The number of likely N-dealkylation sites (N-methyl/N-ethyl adjacent to an activating group) is 1. The van der Waals surface area contributed by atoms with Crippen LogP contribution in [0.25, 0.3) is 0 Å². The summed E-state index contributed by atoms with van der Waals surface area (Å²) in [5, 5.41) is 0. The van der Waals surface area contributed by atoms with Gasteiger partial charge >= 0.3 is 12.4 Å². The van der Waals surface area contributed by atoms with Crippen LogP contribution in [0.2, 0.25) is 0 Å². The Morgan fingerprint density at radius 1 is 1.03 bits per heavy atom. The van der Waals surface area contributed by atoms with Crippen molar-refractivity contribution in [2.24, 2.45) is 0 Å². The summed E-state index contributed by atoms with van der Waals surface area (Å²) < 4.78 is 98.1. The van der Waals surface area contributed by atoms with Crippen molar-refractivity contribution < 1.29 is 40.3 Å². The highest BCUT2D eigenvalue weighted by Crippen LogP contribution is 2.36. The van der Waals surface area contributed by atoms with Gasteiger partial charge in [0.2, 0.25) is 5.91 Å². The molecule has 3 rings (SSSR count). The van der Waals surface area contributed by atoms with Crippen LogP contribution < -0.4 is 4.74 Å². The van der Waals surface area contributed by atoms with E-state index in [-0.39, 0.29) is 37.4 Å². The number of amides is 1. The number of nitrogens with zero attached hydrogens (tertiary/aromatic N) is 2. The van der Waals surface area contributed by atoms with E-state index in [1.165, 1.54) is 19.1 Å². The van der Waals surface area contributed by atoms with E-state index in [0.29, 0.717) is 36.5 Å². The van der Waals surface area contributed by atoms with E-state index in [4.69, 9.17) is 4.74 Å². The predicted octanol–water partition coefficient (Wildman–Crippen LogP) is 5.91. The standard InChI is InChI=1S/C25H27F7N2O2/c1-33(9-6-16-12-18(24(27,28)29)15-19(13-16)25(30,31)32)23(35)22(34-10-7-20(26)8-11-34)17-4-3-5-21(14-17)36-2/h3-5,12-15,20,22H,6-11H2,1-2H3. The zero-order valence-corrected chi connectivity index (χ0v) is 19.8. The molecule has 1 aliphatic rings. The number of ether oxygens (including phenoxy) is 1. The third-order valence-corrected chi connectivity index (χ3v) is 6.23. The van der Waals surface area contributed by atoms with E-state index in [9.17, 15) is 35.5 Å². The lowest BCUT2D eigenvalue weighted by Crippen LogP contribution is -2.45. The normalized spacial score (nSPS) is 16.6. The van der Waals surface area contributed by atoms with Crippen LogP contribution in [0.4, 0.5) is 30.7 Å². The summed E-state index contributed by atoms with van der Waals surface area (Å²) in [5.74, 6) is 0.112. The summed E-state index contributed by atoms with van der Waals surface area (Å²) in [6, 6.07) is 7.42. The number of methoxy groups -OCH3 is 1. The summed E-state index contributed by atoms with van der Waals surface area (Å²) in [6.07, 6.45) is -10.6. The van der Waals surface area contributed by atoms with Gasteiger partial charge in [-0.05, 0) is 60.7 Å². The van der Waals surface area contributed by atoms with Gasteiger partial charge in [-0.2, -0.15) is 26.3 Å². The Hall–Kier alpha value is -2.82. The second-order valence-corrected chi connectivity index (χ2v) is 8.81. The number of hydrogen-bond donors (Lipinski definition) is 0. The minimum absolute atomic E-state index is 0.0751. The van der Waals surface area contributed by atoms with Crippen molar-refractivity contribution in [3.63, 3.8) is 0 Å². The first-order valence-electron chi connectivity index (χ1n) is 11.3. The number of halogens is 7. The van der Waals surface area contributed by atoms with Gasteiger partial charge in [-0.1, -0.05) is 12.1 Å². The molecule has 1 unspecified atom stereocenters. The first-order valence-corrected chi connectivity index (χ1v) is 11.3. The fourth-order valence-corrected chi connectivity index (χ4v) is 4.23. The van der Waals surface area contributed by atoms with E-state index >= 15 is 0 Å². The molecule has 0 saturated carbocycles. The third-order valence-electron chi connectivity index (χ3n) is 6.23. The molecule has 1 saturated heterocycles. The summed E-state index contributed by atoms with van der Waals surface area (Å²) in [4.78, 5) is 16.6. The molecule has 2 aromatic carbocycles. The summed E-state index contributed by atoms with van der Waals surface area (Å²) in [6.45, 7) is 0.536. The van der Waals surface area contributed by atoms with Gasteiger partial charge in [0.25, 0.3) is 0 Å². The number of hydrogen-bond acceptors (Lipinski definition) is 3. The molecule has 11 heteroatoms. The monoisotopic (exact) mass is 520 g/mol. The molecule has 4 nitrogen and oxygen atoms in total. The highest BCUT2D eigenvalue weighted by molar-refractivity contribution is 5.83. The van der Waals surface area contributed by atoms with Crippen LogP contribution in [0.5, 0.6) is 5.75 Å². The maximum Gasteiger partial charge on any atom is 0.416 e. The molecular weight excluding hydrogens is 493 g/mol. The Bertz CT molecular complexity index is 1020. The van der Waals surface area contributed by atoms with Crippen molar-refractivity contribution in [1.82, 2.24) is 9.80 Å². The maximum absolute atomic E-state index is 13.7. The smallest absolute Gasteiger partial charge is 0.416 e. The van der Waals surface area contributed by atoms with Crippen LogP contribution in [0.1, 0.15) is 41.1 Å². The predicted molar refractivity (Wildman–Crippen MR) is 119 cm³/mol. The minimum Gasteiger partial charge on any atom is -0.497 e. The van der Waals surface area contributed by atoms with Crippen LogP contribution in [0.3, 0.4) is 0 Å². The van der Waals surface area contributed by atoms with Gasteiger partial charge in [0.15, 0.2) is 0 Å². The van der Waals surface area contributed by atoms with Gasteiger partial charge in [-0.15, -0.1) is 0 Å². The number of alkyl halides is 7. The third kappa shape index (κ3) is 6.89. The van der Waals surface area contributed by atoms with Crippen LogP contribution >= 0.6 is 0 Å². The molecule has 1 fully saturated rings. The van der Waals surface area contributed by atoms with Crippen molar-refractivity contribution in [3.05, 3.63) is 64.7 Å². The van der Waals surface area contributed by atoms with Gasteiger partial charge in [-0.3, -0.25) is 9.69 Å². The Morgan fingerprint density at radius 2 is 1.61 bits per heavy atom. The second-order valence-electron chi connectivity index (χ2n) is 8.81. The molecular formula is C25H27F7N2O2. The Balaban J connectivity index is 1.83. The average Bonchev–Trinajstić information content (AvgIpc) is 2.82. The number of carbonyl (C=O) groups is 1. The SMILES string of the molecule is COc1cccc(C(C(=O)N(C)CCc2cc(C(F)(F)F)cc(C(F)(F)F)c2)N2CCC(F)CC2)c1. The van der Waals surface area contributed by atoms with Gasteiger partial charge < -0.3 is 9.64 Å². The number of benzene rings is 2. The topological polar surface area (TPSA) is 32.8 Å². The van der Waals surface area contributed by atoms with Crippen LogP contribution in [0.15, 0.2) is 42.5 Å². The van der Waals surface area contributed by atoms with E-state index in [2.05, 4.69) is 0 Å². The van der Waals surface area contributed by atoms with E-state index in [1.807, 2.05) is 4.90 Å². The van der Waals surface area contributed by atoms with Crippen molar-refractivity contribution in [2.45, 2.75) is 43.8 Å². The molecule has 0 spiro atoms. The number of piperidine rings is 1. The van der Waals surface area contributed by atoms with Gasteiger partial charge in [0.1, 0.15) is 18.0 Å². The molecule has 0 bridgehead atoms. The fourth-order valence-electron chi connectivity index (χ4n) is 4.23. The Labute approximate surface area is 204 Å². The summed E-state index contributed by atoms with van der Waals surface area (Å²) in [5.41, 5.74) is -2.38. The molecule has 198 valence electrons. The maximum atomic E-state index is 13.7. The first kappa shape index (κ1) is 27.8. The lowest BCUT2D eigenvalue weighted by molar-refractivity contribution is -0.143. The molecule has 0 aromatic heterocycles. The molecule has 36 heavy (non-hydrogen) atoms. The largest absolute Gasteiger partial charge is 0.497 e. The zero-order chi connectivity index (χ0) is 26.7. The molecule has 2 aromatic rings. The number of carbonyl (C=O) groups excluding carboxylic acids is 1. The first-order chi connectivity index (χ1) is 16.8. The van der Waals surface area contributed by atoms with E-state index < -0.39 is 41.6 Å². The quantitative estimate of drug-likeness (QED) is 0.426. The summed E-state index contributed by atoms with van der Waals surface area (Å²) >= 11 is 0. The lowest BCUT2D eigenvalue weighted by atomic mass is 9.99. The highest BCUT2D eigenvalue weighted by Gasteiger charge is 2.37. The van der Waals surface area contributed by atoms with E-state index in [0.717, 1.165) is 0 Å². The Kier molecular flexibility index (Phi) is 8.53. The molecule has 0 N–H and O–H groups in total.